The number of imidazole rings is 1. The molecule has 1 N–H and O–H groups in total. The molecule has 2 aromatic heterocycles. The van der Waals surface area contributed by atoms with Crippen molar-refractivity contribution in [2.24, 2.45) is 0 Å². The van der Waals surface area contributed by atoms with Gasteiger partial charge in [0.2, 0.25) is 0 Å². The van der Waals surface area contributed by atoms with Gasteiger partial charge in [-0.2, -0.15) is 0 Å². The second-order valence-electron chi connectivity index (χ2n) is 4.16. The predicted molar refractivity (Wildman–Crippen MR) is 77.5 cm³/mol. The number of nitrogens with one attached hydrogen (secondary N) is 1. The van der Waals surface area contributed by atoms with Crippen molar-refractivity contribution < 1.29 is 0 Å². The maximum atomic E-state index is 6.39. The van der Waals surface area contributed by atoms with E-state index in [1.807, 2.05) is 19.3 Å². The summed E-state index contributed by atoms with van der Waals surface area (Å²) in [7, 11) is 0. The van der Waals surface area contributed by atoms with Crippen molar-refractivity contribution in [3.63, 3.8) is 0 Å². The summed E-state index contributed by atoms with van der Waals surface area (Å²) in [6, 6.07) is 0.0798. The molecule has 0 aliphatic carbocycles. The molecule has 2 aromatic rings. The summed E-state index contributed by atoms with van der Waals surface area (Å²) < 4.78 is 2.15. The van der Waals surface area contributed by atoms with Gasteiger partial charge < -0.3 is 9.88 Å². The van der Waals surface area contributed by atoms with Gasteiger partial charge in [-0.05, 0) is 31.3 Å². The molecule has 0 bridgehead atoms. The average Bonchev–Trinajstić information content (AvgIpc) is 2.96. The van der Waals surface area contributed by atoms with Crippen LogP contribution in [0.25, 0.3) is 0 Å². The Morgan fingerprint density at radius 1 is 1.50 bits per heavy atom. The van der Waals surface area contributed by atoms with Gasteiger partial charge in [-0.25, -0.2) is 4.98 Å². The van der Waals surface area contributed by atoms with E-state index in [0.717, 1.165) is 34.4 Å². The third-order valence-electron chi connectivity index (χ3n) is 2.94. The van der Waals surface area contributed by atoms with Gasteiger partial charge in [0.1, 0.15) is 11.9 Å². The predicted octanol–water partition coefficient (Wildman–Crippen LogP) is 3.63. The summed E-state index contributed by atoms with van der Waals surface area (Å²) in [6.45, 7) is 8.06. The fraction of sp³-hybridized carbons (Fsp3) is 0.462. The molecule has 2 rings (SSSR count). The lowest BCUT2D eigenvalue weighted by atomic mass is 10.2. The molecule has 0 aliphatic heterocycles. The van der Waals surface area contributed by atoms with Crippen molar-refractivity contribution in [3.8, 4) is 0 Å². The molecule has 0 fully saturated rings. The zero-order valence-electron chi connectivity index (χ0n) is 10.9. The van der Waals surface area contributed by atoms with Crippen molar-refractivity contribution in [1.82, 2.24) is 14.9 Å². The van der Waals surface area contributed by atoms with Gasteiger partial charge in [-0.15, -0.1) is 11.3 Å². The van der Waals surface area contributed by atoms with Crippen LogP contribution in [0.3, 0.4) is 0 Å². The highest BCUT2D eigenvalue weighted by Crippen LogP contribution is 2.35. The Labute approximate surface area is 117 Å². The Kier molecular flexibility index (Phi) is 4.43. The van der Waals surface area contributed by atoms with Gasteiger partial charge >= 0.3 is 0 Å². The van der Waals surface area contributed by atoms with Gasteiger partial charge in [0.15, 0.2) is 0 Å². The van der Waals surface area contributed by atoms with Gasteiger partial charge in [-0.3, -0.25) is 0 Å². The molecule has 0 radical (unpaired) electrons. The van der Waals surface area contributed by atoms with Crippen LogP contribution in [0.5, 0.6) is 0 Å². The van der Waals surface area contributed by atoms with E-state index in [4.69, 9.17) is 11.6 Å². The Hall–Kier alpha value is -0.840. The molecule has 3 nitrogen and oxygen atoms in total. The summed E-state index contributed by atoms with van der Waals surface area (Å²) in [6.07, 6.45) is 3.85. The molecule has 1 unspecified atom stereocenters. The molecule has 5 heteroatoms. The largest absolute Gasteiger partial charge is 0.334 e. The molecule has 0 saturated heterocycles. The normalized spacial score (nSPS) is 12.9. The van der Waals surface area contributed by atoms with Gasteiger partial charge in [-0.1, -0.05) is 18.5 Å². The molecule has 18 heavy (non-hydrogen) atoms. The number of hydrogen-bond acceptors (Lipinski definition) is 3. The minimum atomic E-state index is 0.0798. The highest BCUT2D eigenvalue weighted by Gasteiger charge is 2.22. The minimum absolute atomic E-state index is 0.0798. The molecule has 0 saturated carbocycles. The minimum Gasteiger partial charge on any atom is -0.334 e. The second kappa shape index (κ2) is 5.87. The van der Waals surface area contributed by atoms with Crippen LogP contribution in [-0.2, 0) is 6.54 Å². The van der Waals surface area contributed by atoms with Crippen LogP contribution in [0.15, 0.2) is 17.8 Å². The fourth-order valence-corrected chi connectivity index (χ4v) is 3.37. The first kappa shape index (κ1) is 13.6. The first-order chi connectivity index (χ1) is 8.69. The summed E-state index contributed by atoms with van der Waals surface area (Å²) in [5, 5.41) is 6.43. The number of rotatable bonds is 5. The summed E-state index contributed by atoms with van der Waals surface area (Å²) >= 11 is 8.08. The fourth-order valence-electron chi connectivity index (χ4n) is 2.00. The number of hydrogen-bond donors (Lipinski definition) is 1. The lowest BCUT2D eigenvalue weighted by Gasteiger charge is -2.18. The van der Waals surface area contributed by atoms with Gasteiger partial charge in [0, 0.05) is 23.8 Å². The van der Waals surface area contributed by atoms with Crippen molar-refractivity contribution in [3.05, 3.63) is 39.1 Å². The molecule has 2 heterocycles. The van der Waals surface area contributed by atoms with Crippen LogP contribution in [0.2, 0.25) is 5.02 Å². The molecular formula is C13H18ClN3S. The lowest BCUT2D eigenvalue weighted by molar-refractivity contribution is 0.565. The Morgan fingerprint density at radius 3 is 2.83 bits per heavy atom. The number of aryl methyl sites for hydroxylation is 2. The standard InChI is InChI=1S/C13H18ClN3S/c1-4-15-11(12-10(14)9(3)8-18-12)13-16-6-7-17(13)5-2/h6-8,11,15H,4-5H2,1-3H3. The van der Waals surface area contributed by atoms with Crippen LogP contribution >= 0.6 is 22.9 Å². The Morgan fingerprint density at radius 2 is 2.28 bits per heavy atom. The van der Waals surface area contributed by atoms with E-state index in [1.165, 1.54) is 0 Å². The van der Waals surface area contributed by atoms with E-state index >= 15 is 0 Å². The van der Waals surface area contributed by atoms with Gasteiger partial charge in [0.05, 0.1) is 5.02 Å². The SMILES string of the molecule is CCNC(c1scc(C)c1Cl)c1nccn1CC. The van der Waals surface area contributed by atoms with E-state index in [9.17, 15) is 0 Å². The number of nitrogens with zero attached hydrogens (tertiary/aromatic N) is 2. The maximum Gasteiger partial charge on any atom is 0.131 e. The van der Waals surface area contributed by atoms with Crippen molar-refractivity contribution in [1.29, 1.82) is 0 Å². The van der Waals surface area contributed by atoms with E-state index in [0.29, 0.717) is 0 Å². The highest BCUT2D eigenvalue weighted by atomic mass is 35.5. The zero-order chi connectivity index (χ0) is 13.1. The van der Waals surface area contributed by atoms with Crippen LogP contribution in [-0.4, -0.2) is 16.1 Å². The summed E-state index contributed by atoms with van der Waals surface area (Å²) in [5.41, 5.74) is 1.13. The maximum absolute atomic E-state index is 6.39. The van der Waals surface area contributed by atoms with E-state index in [1.54, 1.807) is 11.3 Å². The molecule has 98 valence electrons. The first-order valence-corrected chi connectivity index (χ1v) is 7.42. The van der Waals surface area contributed by atoms with Crippen LogP contribution in [0, 0.1) is 6.92 Å². The quantitative estimate of drug-likeness (QED) is 0.908. The number of thiophene rings is 1. The van der Waals surface area contributed by atoms with Gasteiger partial charge in [0.25, 0.3) is 0 Å². The van der Waals surface area contributed by atoms with Crippen molar-refractivity contribution in [2.45, 2.75) is 33.4 Å². The Balaban J connectivity index is 2.43. The second-order valence-corrected chi connectivity index (χ2v) is 5.45. The van der Waals surface area contributed by atoms with Crippen LogP contribution in [0.1, 0.15) is 36.2 Å². The highest BCUT2D eigenvalue weighted by molar-refractivity contribution is 7.10. The lowest BCUT2D eigenvalue weighted by Crippen LogP contribution is -2.24. The van der Waals surface area contributed by atoms with Crippen LogP contribution < -0.4 is 5.32 Å². The monoisotopic (exact) mass is 283 g/mol. The summed E-state index contributed by atoms with van der Waals surface area (Å²) in [5.74, 6) is 1.03. The Bertz CT molecular complexity index is 518. The molecule has 0 amide bonds. The van der Waals surface area contributed by atoms with Crippen molar-refractivity contribution >= 4 is 22.9 Å². The van der Waals surface area contributed by atoms with Crippen molar-refractivity contribution in [2.75, 3.05) is 6.54 Å². The average molecular weight is 284 g/mol. The smallest absolute Gasteiger partial charge is 0.131 e. The zero-order valence-corrected chi connectivity index (χ0v) is 12.5. The molecule has 0 spiro atoms. The molecule has 0 aromatic carbocycles. The third kappa shape index (κ3) is 2.46. The van der Waals surface area contributed by atoms with E-state index < -0.39 is 0 Å². The third-order valence-corrected chi connectivity index (χ3v) is 4.72. The molecule has 0 aliphatic rings. The topological polar surface area (TPSA) is 29.9 Å². The molecule has 1 atom stereocenters. The summed E-state index contributed by atoms with van der Waals surface area (Å²) in [4.78, 5) is 5.63. The van der Waals surface area contributed by atoms with E-state index in [-0.39, 0.29) is 6.04 Å². The first-order valence-electron chi connectivity index (χ1n) is 6.16. The molecular weight excluding hydrogens is 266 g/mol. The van der Waals surface area contributed by atoms with E-state index in [2.05, 4.69) is 34.1 Å². The number of aromatic nitrogens is 2. The number of halogens is 1. The van der Waals surface area contributed by atoms with Crippen LogP contribution in [0.4, 0.5) is 0 Å².